The number of hydrogen-bond acceptors (Lipinski definition) is 4. The highest BCUT2D eigenvalue weighted by Gasteiger charge is 2.52. The molecule has 5 aliphatic rings. The average molecular weight is 342 g/mol. The van der Waals surface area contributed by atoms with Crippen LogP contribution in [0.2, 0.25) is 0 Å². The Morgan fingerprint density at radius 1 is 1.24 bits per heavy atom. The lowest BCUT2D eigenvalue weighted by molar-refractivity contribution is -0.216. The number of nitrogens with one attached hydrogen (secondary N) is 1. The molecule has 2 aliphatic carbocycles. The first-order chi connectivity index (χ1) is 12.1. The van der Waals surface area contributed by atoms with Crippen molar-refractivity contribution in [3.05, 3.63) is 34.9 Å². The summed E-state index contributed by atoms with van der Waals surface area (Å²) in [6, 6.07) is 5.82. The lowest BCUT2D eigenvalue weighted by Crippen LogP contribution is -2.59. The largest absolute Gasteiger partial charge is 0.370 e. The Bertz CT molecular complexity index is 667. The third-order valence-electron chi connectivity index (χ3n) is 6.63. The normalized spacial score (nSPS) is 36.3. The van der Waals surface area contributed by atoms with Crippen molar-refractivity contribution < 1.29 is 14.7 Å². The van der Waals surface area contributed by atoms with Gasteiger partial charge in [-0.1, -0.05) is 6.07 Å². The van der Waals surface area contributed by atoms with E-state index in [4.69, 9.17) is 4.74 Å². The molecule has 2 saturated heterocycles. The molecule has 0 spiro atoms. The first-order valence-corrected chi connectivity index (χ1v) is 9.60. The number of hydrogen-bond donors (Lipinski definition) is 2. The van der Waals surface area contributed by atoms with E-state index < -0.39 is 0 Å². The second kappa shape index (κ2) is 5.79. The zero-order valence-electron chi connectivity index (χ0n) is 14.5. The molecule has 5 heteroatoms. The van der Waals surface area contributed by atoms with Crippen molar-refractivity contribution in [1.29, 1.82) is 0 Å². The fourth-order valence-corrected chi connectivity index (χ4v) is 5.73. The van der Waals surface area contributed by atoms with Gasteiger partial charge in [-0.3, -0.25) is 4.79 Å². The molecule has 134 valence electrons. The van der Waals surface area contributed by atoms with Gasteiger partial charge in [-0.25, -0.2) is 0 Å². The van der Waals surface area contributed by atoms with Gasteiger partial charge < -0.3 is 15.3 Å². The molecule has 25 heavy (non-hydrogen) atoms. The number of amides is 1. The van der Waals surface area contributed by atoms with Crippen molar-refractivity contribution in [3.63, 3.8) is 0 Å². The summed E-state index contributed by atoms with van der Waals surface area (Å²) in [4.78, 5) is 12.7. The smallest absolute Gasteiger partial charge is 0.251 e. The minimum absolute atomic E-state index is 0.00595. The molecule has 2 atom stereocenters. The van der Waals surface area contributed by atoms with Gasteiger partial charge in [0.15, 0.2) is 0 Å². The number of ether oxygens (including phenoxy) is 1. The molecule has 6 rings (SSSR count). The van der Waals surface area contributed by atoms with Gasteiger partial charge in [-0.05, 0) is 73.6 Å². The maximum atomic E-state index is 12.7. The number of carbonyl (C=O) groups is 1. The molecule has 0 radical (unpaired) electrons. The molecule has 2 unspecified atom stereocenters. The van der Waals surface area contributed by atoms with E-state index in [9.17, 15) is 10.0 Å². The summed E-state index contributed by atoms with van der Waals surface area (Å²) < 4.78 is 6.35. The van der Waals surface area contributed by atoms with Gasteiger partial charge in [0.25, 0.3) is 5.91 Å². The zero-order valence-corrected chi connectivity index (χ0v) is 14.5. The van der Waals surface area contributed by atoms with Gasteiger partial charge in [-0.2, -0.15) is 5.06 Å². The molecule has 2 saturated carbocycles. The first-order valence-electron chi connectivity index (χ1n) is 9.60. The Hall–Kier alpha value is -1.43. The fraction of sp³-hybridized carbons (Fsp3) is 0.650. The van der Waals surface area contributed by atoms with Crippen LogP contribution in [0.4, 0.5) is 0 Å². The molecule has 4 bridgehead atoms. The van der Waals surface area contributed by atoms with E-state index in [1.807, 2.05) is 18.2 Å². The van der Waals surface area contributed by atoms with Crippen LogP contribution < -0.4 is 5.32 Å². The number of benzene rings is 1. The summed E-state index contributed by atoms with van der Waals surface area (Å²) in [7, 11) is 0. The number of carbonyl (C=O) groups excluding carboxylic acids is 1. The zero-order chi connectivity index (χ0) is 17.0. The standard InChI is InChI=1S/C20H26N2O3/c23-19(16-1-2-17-11-22(24)4-3-15(17)8-16)21-12-20-9-13-5-14(10-20)7-18(6-13)25-20/h1-2,8,13-14,18,24H,3-7,9-12H2,(H,21,23). The lowest BCUT2D eigenvalue weighted by atomic mass is 9.62. The van der Waals surface area contributed by atoms with E-state index in [2.05, 4.69) is 5.32 Å². The third kappa shape index (κ3) is 2.88. The van der Waals surface area contributed by atoms with E-state index in [1.54, 1.807) is 0 Å². The van der Waals surface area contributed by atoms with E-state index in [0.717, 1.165) is 42.2 Å². The van der Waals surface area contributed by atoms with Gasteiger partial charge >= 0.3 is 0 Å². The fourth-order valence-electron chi connectivity index (χ4n) is 5.73. The topological polar surface area (TPSA) is 61.8 Å². The second-order valence-corrected chi connectivity index (χ2v) is 8.57. The van der Waals surface area contributed by atoms with Crippen LogP contribution in [-0.2, 0) is 17.7 Å². The van der Waals surface area contributed by atoms with Gasteiger partial charge in [0.1, 0.15) is 0 Å². The van der Waals surface area contributed by atoms with E-state index in [1.165, 1.54) is 29.9 Å². The summed E-state index contributed by atoms with van der Waals surface area (Å²) in [5.41, 5.74) is 2.88. The Balaban J connectivity index is 1.27. The average Bonchev–Trinajstić information content (AvgIpc) is 2.58. The number of fused-ring (bicyclic) bond motifs is 1. The van der Waals surface area contributed by atoms with Crippen molar-refractivity contribution >= 4 is 5.91 Å². The van der Waals surface area contributed by atoms with Crippen LogP contribution >= 0.6 is 0 Å². The van der Waals surface area contributed by atoms with E-state index in [-0.39, 0.29) is 11.5 Å². The Morgan fingerprint density at radius 3 is 2.80 bits per heavy atom. The van der Waals surface area contributed by atoms with Crippen LogP contribution in [-0.4, -0.2) is 41.0 Å². The molecule has 3 aliphatic heterocycles. The van der Waals surface area contributed by atoms with Crippen molar-refractivity contribution in [1.82, 2.24) is 10.4 Å². The SMILES string of the molecule is O=C(NCC12CC3CC(CC(C3)O1)C2)c1ccc2c(c1)CCN(O)C2. The maximum absolute atomic E-state index is 12.7. The molecule has 1 amide bonds. The van der Waals surface area contributed by atoms with Crippen molar-refractivity contribution in [2.24, 2.45) is 11.8 Å². The van der Waals surface area contributed by atoms with Crippen LogP contribution in [0.1, 0.15) is 53.6 Å². The van der Waals surface area contributed by atoms with Crippen molar-refractivity contribution in [2.75, 3.05) is 13.1 Å². The number of rotatable bonds is 3. The van der Waals surface area contributed by atoms with Crippen LogP contribution in [0.3, 0.4) is 0 Å². The van der Waals surface area contributed by atoms with Crippen LogP contribution in [0.15, 0.2) is 18.2 Å². The maximum Gasteiger partial charge on any atom is 0.251 e. The molecule has 0 aromatic heterocycles. The van der Waals surface area contributed by atoms with Gasteiger partial charge in [-0.15, -0.1) is 0 Å². The molecule has 3 heterocycles. The predicted octanol–water partition coefficient (Wildman–Crippen LogP) is 2.51. The Labute approximate surface area is 148 Å². The van der Waals surface area contributed by atoms with Crippen molar-refractivity contribution in [2.45, 2.75) is 56.8 Å². The molecule has 5 nitrogen and oxygen atoms in total. The Morgan fingerprint density at radius 2 is 2.04 bits per heavy atom. The minimum Gasteiger partial charge on any atom is -0.370 e. The lowest BCUT2D eigenvalue weighted by Gasteiger charge is -2.56. The monoisotopic (exact) mass is 342 g/mol. The molecule has 1 aromatic carbocycles. The summed E-state index contributed by atoms with van der Waals surface area (Å²) in [5, 5.41) is 14.1. The van der Waals surface area contributed by atoms with E-state index in [0.29, 0.717) is 25.7 Å². The minimum atomic E-state index is -0.115. The Kier molecular flexibility index (Phi) is 3.66. The van der Waals surface area contributed by atoms with Crippen LogP contribution in [0.5, 0.6) is 0 Å². The van der Waals surface area contributed by atoms with Gasteiger partial charge in [0.2, 0.25) is 0 Å². The molecular formula is C20H26N2O3. The quantitative estimate of drug-likeness (QED) is 0.886. The molecule has 2 N–H and O–H groups in total. The van der Waals surface area contributed by atoms with Crippen LogP contribution in [0, 0.1) is 11.8 Å². The summed E-state index contributed by atoms with van der Waals surface area (Å²) in [5.74, 6) is 1.59. The van der Waals surface area contributed by atoms with Gasteiger partial charge in [0, 0.05) is 25.2 Å². The molecular weight excluding hydrogens is 316 g/mol. The number of hydroxylamine groups is 2. The van der Waals surface area contributed by atoms with E-state index >= 15 is 0 Å². The predicted molar refractivity (Wildman–Crippen MR) is 92.3 cm³/mol. The summed E-state index contributed by atoms with van der Waals surface area (Å²) >= 11 is 0. The summed E-state index contributed by atoms with van der Waals surface area (Å²) in [6.07, 6.45) is 7.23. The molecule has 1 aromatic rings. The third-order valence-corrected chi connectivity index (χ3v) is 6.63. The van der Waals surface area contributed by atoms with Gasteiger partial charge in [0.05, 0.1) is 11.7 Å². The second-order valence-electron chi connectivity index (χ2n) is 8.57. The molecule has 4 fully saturated rings. The van der Waals surface area contributed by atoms with Crippen molar-refractivity contribution in [3.8, 4) is 0 Å². The highest BCUT2D eigenvalue weighted by Crippen LogP contribution is 2.52. The highest BCUT2D eigenvalue weighted by atomic mass is 16.5. The number of nitrogens with zero attached hydrogens (tertiary/aromatic N) is 1. The highest BCUT2D eigenvalue weighted by molar-refractivity contribution is 5.94. The van der Waals surface area contributed by atoms with Crippen LogP contribution in [0.25, 0.3) is 0 Å². The summed E-state index contributed by atoms with van der Waals surface area (Å²) in [6.45, 7) is 1.80. The first kappa shape index (κ1) is 15.8.